The Kier molecular flexibility index (Phi) is 4.98. The van der Waals surface area contributed by atoms with Gasteiger partial charge in [0.15, 0.2) is 0 Å². The van der Waals surface area contributed by atoms with Crippen LogP contribution in [0.4, 0.5) is 23.0 Å². The van der Waals surface area contributed by atoms with Crippen LogP contribution >= 0.6 is 23.2 Å². The van der Waals surface area contributed by atoms with E-state index < -0.39 is 0 Å². The summed E-state index contributed by atoms with van der Waals surface area (Å²) in [7, 11) is 0. The van der Waals surface area contributed by atoms with Crippen molar-refractivity contribution in [3.05, 3.63) is 64.7 Å². The largest absolute Gasteiger partial charge is 0.324 e. The van der Waals surface area contributed by atoms with Crippen molar-refractivity contribution in [2.24, 2.45) is 10.2 Å². The molecule has 0 saturated heterocycles. The third-order valence-electron chi connectivity index (χ3n) is 3.07. The number of azo groups is 1. The molecule has 24 heavy (non-hydrogen) atoms. The molecule has 0 saturated carbocycles. The summed E-state index contributed by atoms with van der Waals surface area (Å²) in [6.07, 6.45) is 0. The maximum absolute atomic E-state index is 5.77. The molecule has 3 aromatic rings. The molecule has 8 heteroatoms. The lowest BCUT2D eigenvalue weighted by molar-refractivity contribution is 1.05. The van der Waals surface area contributed by atoms with E-state index in [1.54, 1.807) is 0 Å². The van der Waals surface area contributed by atoms with Gasteiger partial charge in [-0.1, -0.05) is 18.2 Å². The zero-order valence-corrected chi connectivity index (χ0v) is 14.1. The summed E-state index contributed by atoms with van der Waals surface area (Å²) in [6.45, 7) is 1.94. The van der Waals surface area contributed by atoms with Crippen LogP contribution in [0.1, 0.15) is 5.56 Å². The Morgan fingerprint density at radius 1 is 0.833 bits per heavy atom. The van der Waals surface area contributed by atoms with Crippen molar-refractivity contribution in [3.63, 3.8) is 0 Å². The van der Waals surface area contributed by atoms with Crippen LogP contribution in [0, 0.1) is 6.92 Å². The number of nitrogens with one attached hydrogen (secondary N) is 1. The molecule has 0 aliphatic carbocycles. The molecule has 1 heterocycles. The molecule has 0 radical (unpaired) electrons. The van der Waals surface area contributed by atoms with Crippen LogP contribution in [0.5, 0.6) is 0 Å². The van der Waals surface area contributed by atoms with Crippen molar-refractivity contribution >= 4 is 46.2 Å². The van der Waals surface area contributed by atoms with Crippen LogP contribution < -0.4 is 5.32 Å². The Balaban J connectivity index is 1.78. The molecule has 0 unspecified atom stereocenters. The van der Waals surface area contributed by atoms with Gasteiger partial charge in [-0.25, -0.2) is 0 Å². The SMILES string of the molecule is Cc1cc(N=Nc2ccccc2)ccc1Nc1nc(Cl)nc(Cl)n1. The van der Waals surface area contributed by atoms with Crippen LogP contribution in [0.3, 0.4) is 0 Å². The standard InChI is InChI=1S/C16H12Cl2N6/c1-10-9-12(24-23-11-5-3-2-4-6-11)7-8-13(10)19-16-21-14(17)20-15(18)22-16/h2-9H,1H3,(H,19,20,21,22). The molecule has 3 rings (SSSR count). The number of rotatable bonds is 4. The molecule has 0 amide bonds. The fourth-order valence-corrected chi connectivity index (χ4v) is 2.33. The van der Waals surface area contributed by atoms with E-state index in [4.69, 9.17) is 23.2 Å². The third kappa shape index (κ3) is 4.24. The molecule has 1 aromatic heterocycles. The van der Waals surface area contributed by atoms with Gasteiger partial charge in [-0.3, -0.25) is 0 Å². The first-order valence-corrected chi connectivity index (χ1v) is 7.77. The van der Waals surface area contributed by atoms with Crippen LogP contribution in [0.15, 0.2) is 58.8 Å². The van der Waals surface area contributed by atoms with Crippen LogP contribution in [0.25, 0.3) is 0 Å². The molecular weight excluding hydrogens is 347 g/mol. The Morgan fingerprint density at radius 3 is 2.17 bits per heavy atom. The molecule has 0 spiro atoms. The Morgan fingerprint density at radius 2 is 1.50 bits per heavy atom. The lowest BCUT2D eigenvalue weighted by Gasteiger charge is -2.08. The van der Waals surface area contributed by atoms with E-state index in [0.717, 1.165) is 22.6 Å². The number of halogens is 2. The van der Waals surface area contributed by atoms with Gasteiger partial charge in [0, 0.05) is 5.69 Å². The van der Waals surface area contributed by atoms with Crippen molar-refractivity contribution < 1.29 is 0 Å². The summed E-state index contributed by atoms with van der Waals surface area (Å²) in [4.78, 5) is 11.7. The first kappa shape index (κ1) is 16.3. The highest BCUT2D eigenvalue weighted by Crippen LogP contribution is 2.25. The predicted molar refractivity (Wildman–Crippen MR) is 94.9 cm³/mol. The average molecular weight is 359 g/mol. The topological polar surface area (TPSA) is 75.4 Å². The van der Waals surface area contributed by atoms with Crippen LogP contribution in [0.2, 0.25) is 10.6 Å². The van der Waals surface area contributed by atoms with E-state index in [1.165, 1.54) is 0 Å². The number of nitrogens with zero attached hydrogens (tertiary/aromatic N) is 5. The van der Waals surface area contributed by atoms with E-state index in [2.05, 4.69) is 30.5 Å². The Bertz CT molecular complexity index is 863. The zero-order valence-electron chi connectivity index (χ0n) is 12.6. The summed E-state index contributed by atoms with van der Waals surface area (Å²) >= 11 is 11.5. The smallest absolute Gasteiger partial charge is 0.232 e. The van der Waals surface area contributed by atoms with Gasteiger partial charge in [0.05, 0.1) is 11.4 Å². The lowest BCUT2D eigenvalue weighted by atomic mass is 10.2. The Hall–Kier alpha value is -2.57. The van der Waals surface area contributed by atoms with E-state index in [-0.39, 0.29) is 16.5 Å². The molecule has 1 N–H and O–H groups in total. The van der Waals surface area contributed by atoms with Crippen LogP contribution in [-0.4, -0.2) is 15.0 Å². The second-order valence-corrected chi connectivity index (χ2v) is 5.53. The summed E-state index contributed by atoms with van der Waals surface area (Å²) in [5.41, 5.74) is 3.31. The summed E-state index contributed by atoms with van der Waals surface area (Å²) in [6, 6.07) is 15.1. The van der Waals surface area contributed by atoms with Crippen molar-refractivity contribution in [1.29, 1.82) is 0 Å². The summed E-state index contributed by atoms with van der Waals surface area (Å²) in [5, 5.41) is 11.5. The van der Waals surface area contributed by atoms with Crippen molar-refractivity contribution in [3.8, 4) is 0 Å². The van der Waals surface area contributed by atoms with Crippen molar-refractivity contribution in [1.82, 2.24) is 15.0 Å². The predicted octanol–water partition coefficient (Wildman–Crippen LogP) is 5.65. The molecule has 0 bridgehead atoms. The maximum Gasteiger partial charge on any atom is 0.232 e. The van der Waals surface area contributed by atoms with Gasteiger partial charge in [0.1, 0.15) is 0 Å². The minimum atomic E-state index is 0.0310. The number of aryl methyl sites for hydroxylation is 1. The van der Waals surface area contributed by atoms with Crippen molar-refractivity contribution in [2.75, 3.05) is 5.32 Å². The number of aromatic nitrogens is 3. The minimum Gasteiger partial charge on any atom is -0.324 e. The molecule has 2 aromatic carbocycles. The molecule has 0 fully saturated rings. The van der Waals surface area contributed by atoms with Gasteiger partial charge >= 0.3 is 0 Å². The highest BCUT2D eigenvalue weighted by atomic mass is 35.5. The maximum atomic E-state index is 5.77. The molecule has 0 aliphatic rings. The highest BCUT2D eigenvalue weighted by molar-refractivity contribution is 6.31. The average Bonchev–Trinajstić information content (AvgIpc) is 2.55. The molecule has 0 aliphatic heterocycles. The zero-order chi connectivity index (χ0) is 16.9. The monoisotopic (exact) mass is 358 g/mol. The fourth-order valence-electron chi connectivity index (χ4n) is 1.96. The second-order valence-electron chi connectivity index (χ2n) is 4.86. The van der Waals surface area contributed by atoms with Gasteiger partial charge in [-0.15, -0.1) is 0 Å². The van der Waals surface area contributed by atoms with Gasteiger partial charge in [0.25, 0.3) is 0 Å². The summed E-state index contributed by atoms with van der Waals surface area (Å²) in [5.74, 6) is 0.279. The molecule has 0 atom stereocenters. The molecular formula is C16H12Cl2N6. The Labute approximate surface area is 148 Å². The van der Waals surface area contributed by atoms with Gasteiger partial charge < -0.3 is 5.32 Å². The number of anilines is 2. The highest BCUT2D eigenvalue weighted by Gasteiger charge is 2.06. The van der Waals surface area contributed by atoms with Gasteiger partial charge in [0.2, 0.25) is 16.5 Å². The van der Waals surface area contributed by atoms with Gasteiger partial charge in [-0.05, 0) is 66.0 Å². The molecule has 6 nitrogen and oxygen atoms in total. The first-order chi connectivity index (χ1) is 11.6. The fraction of sp³-hybridized carbons (Fsp3) is 0.0625. The summed E-state index contributed by atoms with van der Waals surface area (Å²) < 4.78 is 0. The number of hydrogen-bond acceptors (Lipinski definition) is 6. The second kappa shape index (κ2) is 7.33. The quantitative estimate of drug-likeness (QED) is 0.611. The lowest BCUT2D eigenvalue weighted by Crippen LogP contribution is -2.00. The number of benzene rings is 2. The van der Waals surface area contributed by atoms with Crippen molar-refractivity contribution in [2.45, 2.75) is 6.92 Å². The van der Waals surface area contributed by atoms with E-state index in [1.807, 2.05) is 55.5 Å². The minimum absolute atomic E-state index is 0.0310. The molecule has 120 valence electrons. The third-order valence-corrected chi connectivity index (χ3v) is 3.41. The van der Waals surface area contributed by atoms with E-state index in [0.29, 0.717) is 0 Å². The first-order valence-electron chi connectivity index (χ1n) is 7.02. The van der Waals surface area contributed by atoms with Gasteiger partial charge in [-0.2, -0.15) is 25.2 Å². The normalized spacial score (nSPS) is 11.0. The number of hydrogen-bond donors (Lipinski definition) is 1. The van der Waals surface area contributed by atoms with E-state index >= 15 is 0 Å². The van der Waals surface area contributed by atoms with E-state index in [9.17, 15) is 0 Å². The van der Waals surface area contributed by atoms with Crippen LogP contribution in [-0.2, 0) is 0 Å².